The summed E-state index contributed by atoms with van der Waals surface area (Å²) in [5, 5.41) is 10.3. The minimum absolute atomic E-state index is 0.0160. The van der Waals surface area contributed by atoms with E-state index in [2.05, 4.69) is 25.5 Å². The van der Waals surface area contributed by atoms with Crippen LogP contribution in [0.15, 0.2) is 12.1 Å². The Morgan fingerprint density at radius 2 is 2.11 bits per heavy atom. The molecule has 0 saturated carbocycles. The zero-order valence-corrected chi connectivity index (χ0v) is 16.5. The first-order chi connectivity index (χ1) is 12.7. The van der Waals surface area contributed by atoms with Crippen molar-refractivity contribution in [3.8, 4) is 0 Å². The first-order valence-electron chi connectivity index (χ1n) is 9.42. The Hall–Kier alpha value is -2.48. The molecule has 3 rings (SSSR count). The number of nitrogens with zero attached hydrogens (tertiary/aromatic N) is 4. The summed E-state index contributed by atoms with van der Waals surface area (Å²) in [7, 11) is 0. The van der Waals surface area contributed by atoms with Gasteiger partial charge in [-0.1, -0.05) is 0 Å². The number of aromatic amines is 1. The third-order valence-corrected chi connectivity index (χ3v) is 4.71. The van der Waals surface area contributed by atoms with Gasteiger partial charge in [0.2, 0.25) is 5.91 Å². The Bertz CT molecular complexity index is 809. The molecule has 0 spiro atoms. The van der Waals surface area contributed by atoms with E-state index in [1.807, 2.05) is 30.9 Å². The summed E-state index contributed by atoms with van der Waals surface area (Å²) in [5.41, 5.74) is 7.13. The zero-order chi connectivity index (χ0) is 19.6. The molecule has 0 aromatic carbocycles. The molecule has 0 aliphatic carbocycles. The number of nitrogens with one attached hydrogen (secondary N) is 2. The topological polar surface area (TPSA) is 113 Å². The number of aromatic nitrogens is 4. The summed E-state index contributed by atoms with van der Waals surface area (Å²) in [6.45, 7) is 8.88. The van der Waals surface area contributed by atoms with Crippen molar-refractivity contribution in [3.05, 3.63) is 29.3 Å². The van der Waals surface area contributed by atoms with Gasteiger partial charge in [0.1, 0.15) is 11.6 Å². The molecular formula is C19H29N7O. The zero-order valence-electron chi connectivity index (χ0n) is 16.5. The molecule has 1 saturated heterocycles. The molecule has 27 heavy (non-hydrogen) atoms. The summed E-state index contributed by atoms with van der Waals surface area (Å²) in [6.07, 6.45) is 2.89. The van der Waals surface area contributed by atoms with E-state index in [4.69, 9.17) is 5.73 Å². The van der Waals surface area contributed by atoms with E-state index in [-0.39, 0.29) is 5.91 Å². The smallest absolute Gasteiger partial charge is 0.242 e. The van der Waals surface area contributed by atoms with Gasteiger partial charge in [0, 0.05) is 36.6 Å². The van der Waals surface area contributed by atoms with Crippen LogP contribution in [0.5, 0.6) is 0 Å². The molecule has 1 atom stereocenters. The fourth-order valence-corrected chi connectivity index (χ4v) is 3.53. The Balaban J connectivity index is 1.68. The quantitative estimate of drug-likeness (QED) is 0.742. The minimum Gasteiger partial charge on any atom is -0.341 e. The van der Waals surface area contributed by atoms with Crippen LogP contribution >= 0.6 is 0 Å². The fraction of sp³-hybridized carbons (Fsp3) is 0.579. The summed E-state index contributed by atoms with van der Waals surface area (Å²) < 4.78 is 0. The summed E-state index contributed by atoms with van der Waals surface area (Å²) in [5.74, 6) is 2.57. The number of anilines is 2. The number of hydrogen-bond donors (Lipinski definition) is 3. The van der Waals surface area contributed by atoms with Crippen molar-refractivity contribution in [2.45, 2.75) is 52.5 Å². The van der Waals surface area contributed by atoms with Crippen molar-refractivity contribution < 1.29 is 4.79 Å². The van der Waals surface area contributed by atoms with Gasteiger partial charge in [-0.25, -0.2) is 9.97 Å². The lowest BCUT2D eigenvalue weighted by atomic mass is 9.91. The predicted molar refractivity (Wildman–Crippen MR) is 105 cm³/mol. The second-order valence-corrected chi connectivity index (χ2v) is 8.04. The van der Waals surface area contributed by atoms with E-state index in [9.17, 15) is 4.79 Å². The molecule has 0 radical (unpaired) electrons. The average molecular weight is 371 g/mol. The molecule has 1 amide bonds. The second-order valence-electron chi connectivity index (χ2n) is 8.04. The molecule has 146 valence electrons. The number of aryl methyl sites for hydroxylation is 2. The maximum absolute atomic E-state index is 12.5. The van der Waals surface area contributed by atoms with Crippen LogP contribution in [-0.2, 0) is 11.2 Å². The van der Waals surface area contributed by atoms with Gasteiger partial charge in [0.25, 0.3) is 0 Å². The normalized spacial score (nSPS) is 17.8. The van der Waals surface area contributed by atoms with Gasteiger partial charge in [0.05, 0.1) is 5.54 Å². The van der Waals surface area contributed by atoms with E-state index in [1.165, 1.54) is 0 Å². The van der Waals surface area contributed by atoms with Gasteiger partial charge < -0.3 is 16.0 Å². The number of nitrogens with two attached hydrogens (primary N) is 1. The number of carbonyl (C=O) groups is 1. The van der Waals surface area contributed by atoms with Crippen molar-refractivity contribution in [2.24, 2.45) is 11.7 Å². The third-order valence-electron chi connectivity index (χ3n) is 4.71. The molecule has 1 aliphatic rings. The molecule has 8 heteroatoms. The van der Waals surface area contributed by atoms with Crippen LogP contribution in [0.2, 0.25) is 0 Å². The first kappa shape index (κ1) is 19.3. The van der Waals surface area contributed by atoms with E-state index in [0.29, 0.717) is 11.7 Å². The minimum atomic E-state index is -0.827. The standard InChI is InChI=1S/C19H29N7O/c1-12-8-17(25-24-12)23-16-10-15(21-13(2)22-16)9-14-6-5-7-26(11-14)18(27)19(3,4)20/h8,10,14H,5-7,9,11,20H2,1-4H3,(H2,21,22,23,24,25)/t14-/m0/s1. The molecule has 8 nitrogen and oxygen atoms in total. The molecule has 0 unspecified atom stereocenters. The number of amides is 1. The van der Waals surface area contributed by atoms with Crippen molar-refractivity contribution in [2.75, 3.05) is 18.4 Å². The Labute approximate surface area is 160 Å². The number of hydrogen-bond acceptors (Lipinski definition) is 6. The fourth-order valence-electron chi connectivity index (χ4n) is 3.53. The molecule has 3 heterocycles. The van der Waals surface area contributed by atoms with Crippen LogP contribution < -0.4 is 11.1 Å². The Morgan fingerprint density at radius 1 is 1.33 bits per heavy atom. The van der Waals surface area contributed by atoms with Crippen LogP contribution in [0.4, 0.5) is 11.6 Å². The van der Waals surface area contributed by atoms with Gasteiger partial charge in [-0.2, -0.15) is 5.10 Å². The molecular weight excluding hydrogens is 342 g/mol. The predicted octanol–water partition coefficient (Wildman–Crippen LogP) is 2.08. The molecule has 2 aromatic heterocycles. The Morgan fingerprint density at radius 3 is 2.78 bits per heavy atom. The molecule has 0 bridgehead atoms. The lowest BCUT2D eigenvalue weighted by molar-refractivity contribution is -0.137. The lowest BCUT2D eigenvalue weighted by Gasteiger charge is -2.36. The highest BCUT2D eigenvalue weighted by atomic mass is 16.2. The molecule has 4 N–H and O–H groups in total. The van der Waals surface area contributed by atoms with Crippen LogP contribution in [0.25, 0.3) is 0 Å². The highest BCUT2D eigenvalue weighted by molar-refractivity contribution is 5.85. The van der Waals surface area contributed by atoms with Gasteiger partial charge in [0.15, 0.2) is 5.82 Å². The largest absolute Gasteiger partial charge is 0.341 e. The summed E-state index contributed by atoms with van der Waals surface area (Å²) >= 11 is 0. The maximum Gasteiger partial charge on any atom is 0.242 e. The van der Waals surface area contributed by atoms with Gasteiger partial charge in [-0.15, -0.1) is 0 Å². The van der Waals surface area contributed by atoms with Crippen molar-refractivity contribution in [1.29, 1.82) is 0 Å². The number of H-pyrrole nitrogens is 1. The van der Waals surface area contributed by atoms with E-state index < -0.39 is 5.54 Å². The first-order valence-corrected chi connectivity index (χ1v) is 9.42. The lowest BCUT2D eigenvalue weighted by Crippen LogP contribution is -2.53. The van der Waals surface area contributed by atoms with Crippen LogP contribution in [0.3, 0.4) is 0 Å². The SMILES string of the molecule is Cc1nc(C[C@@H]2CCCN(C(=O)C(C)(C)N)C2)cc(Nc2cc(C)[nH]n2)n1. The average Bonchev–Trinajstić information content (AvgIpc) is 2.98. The maximum atomic E-state index is 12.5. The van der Waals surface area contributed by atoms with Gasteiger partial charge in [-0.05, 0) is 52.9 Å². The van der Waals surface area contributed by atoms with E-state index in [1.54, 1.807) is 13.8 Å². The number of rotatable bonds is 5. The molecule has 1 aliphatic heterocycles. The van der Waals surface area contributed by atoms with E-state index in [0.717, 1.165) is 55.4 Å². The Kier molecular flexibility index (Phi) is 5.46. The molecule has 2 aromatic rings. The highest BCUT2D eigenvalue weighted by Crippen LogP contribution is 2.23. The number of carbonyl (C=O) groups excluding carboxylic acids is 1. The van der Waals surface area contributed by atoms with Gasteiger partial charge >= 0.3 is 0 Å². The number of likely N-dealkylation sites (tertiary alicyclic amines) is 1. The number of piperidine rings is 1. The second kappa shape index (κ2) is 7.64. The van der Waals surface area contributed by atoms with Crippen molar-refractivity contribution in [3.63, 3.8) is 0 Å². The summed E-state index contributed by atoms with van der Waals surface area (Å²) in [6, 6.07) is 3.89. The highest BCUT2D eigenvalue weighted by Gasteiger charge is 2.31. The monoisotopic (exact) mass is 371 g/mol. The van der Waals surface area contributed by atoms with Crippen LogP contribution in [0, 0.1) is 19.8 Å². The van der Waals surface area contributed by atoms with E-state index >= 15 is 0 Å². The van der Waals surface area contributed by atoms with Gasteiger partial charge in [-0.3, -0.25) is 9.89 Å². The van der Waals surface area contributed by atoms with Crippen molar-refractivity contribution >= 4 is 17.5 Å². The third kappa shape index (κ3) is 5.03. The summed E-state index contributed by atoms with van der Waals surface area (Å²) in [4.78, 5) is 23.4. The van der Waals surface area contributed by atoms with Crippen LogP contribution in [0.1, 0.15) is 43.9 Å². The molecule has 1 fully saturated rings. The van der Waals surface area contributed by atoms with Crippen molar-refractivity contribution in [1.82, 2.24) is 25.1 Å². The van der Waals surface area contributed by atoms with Crippen LogP contribution in [-0.4, -0.2) is 49.6 Å².